The fourth-order valence-electron chi connectivity index (χ4n) is 2.66. The molecule has 7 heteroatoms. The predicted octanol–water partition coefficient (Wildman–Crippen LogP) is 2.85. The van der Waals surface area contributed by atoms with Gasteiger partial charge in [-0.3, -0.25) is 9.59 Å². The number of fused-ring (bicyclic) bond motifs is 1. The monoisotopic (exact) mass is 366 g/mol. The van der Waals surface area contributed by atoms with Gasteiger partial charge < -0.3 is 19.2 Å². The van der Waals surface area contributed by atoms with Crippen molar-refractivity contribution >= 4 is 22.8 Å². The molecule has 1 aromatic heterocycles. The molecule has 3 aromatic rings. The van der Waals surface area contributed by atoms with Gasteiger partial charge in [0.25, 0.3) is 5.56 Å². The van der Waals surface area contributed by atoms with Gasteiger partial charge in [0.2, 0.25) is 5.75 Å². The lowest BCUT2D eigenvalue weighted by molar-refractivity contribution is 0.104. The van der Waals surface area contributed by atoms with Gasteiger partial charge in [0.05, 0.1) is 32.2 Å². The second-order valence-corrected chi connectivity index (χ2v) is 5.58. The molecule has 0 amide bonds. The Morgan fingerprint density at radius 2 is 1.70 bits per heavy atom. The van der Waals surface area contributed by atoms with Gasteiger partial charge >= 0.3 is 0 Å². The summed E-state index contributed by atoms with van der Waals surface area (Å²) in [6.07, 6.45) is 2.78. The maximum Gasteiger partial charge on any atom is 0.259 e. The first kappa shape index (κ1) is 18.2. The summed E-state index contributed by atoms with van der Waals surface area (Å²) in [5, 5.41) is 0.491. The number of hydrogen-bond donors (Lipinski definition) is 1. The van der Waals surface area contributed by atoms with Gasteiger partial charge in [0.15, 0.2) is 17.3 Å². The third-order valence-corrected chi connectivity index (χ3v) is 3.97. The van der Waals surface area contributed by atoms with Crippen LogP contribution in [0.15, 0.2) is 47.3 Å². The molecule has 0 aliphatic heterocycles. The van der Waals surface area contributed by atoms with Gasteiger partial charge in [-0.1, -0.05) is 12.1 Å². The third kappa shape index (κ3) is 3.67. The number of aromatic nitrogens is 2. The lowest BCUT2D eigenvalue weighted by Gasteiger charge is -2.13. The molecule has 0 aliphatic carbocycles. The summed E-state index contributed by atoms with van der Waals surface area (Å²) in [6, 6.07) is 10.1. The number of para-hydroxylation sites is 1. The average molecular weight is 366 g/mol. The number of allylic oxidation sites excluding steroid dienone is 1. The quantitative estimate of drug-likeness (QED) is 0.533. The number of H-pyrrole nitrogens is 1. The Kier molecular flexibility index (Phi) is 5.21. The Bertz CT molecular complexity index is 1060. The van der Waals surface area contributed by atoms with Gasteiger partial charge in [-0.15, -0.1) is 0 Å². The number of methoxy groups -OCH3 is 3. The Hall–Kier alpha value is -3.61. The Morgan fingerprint density at radius 3 is 2.33 bits per heavy atom. The summed E-state index contributed by atoms with van der Waals surface area (Å²) in [7, 11) is 4.44. The van der Waals surface area contributed by atoms with Crippen LogP contribution in [-0.2, 0) is 0 Å². The standard InChI is InChI=1S/C20H18N2O5/c1-25-16-10-12(11-17(26-2)19(16)27-3)15(23)8-9-18-21-14-7-5-4-6-13(14)20(24)22-18/h4-11H,1-3H3,(H,21,22,24)/b9-8+. The number of benzene rings is 2. The lowest BCUT2D eigenvalue weighted by atomic mass is 10.1. The number of hydrogen-bond acceptors (Lipinski definition) is 6. The van der Waals surface area contributed by atoms with Crippen molar-refractivity contribution in [1.82, 2.24) is 9.97 Å². The molecule has 7 nitrogen and oxygen atoms in total. The zero-order valence-electron chi connectivity index (χ0n) is 15.1. The molecular weight excluding hydrogens is 348 g/mol. The number of nitrogens with one attached hydrogen (secondary N) is 1. The zero-order chi connectivity index (χ0) is 19.4. The molecule has 0 fully saturated rings. The van der Waals surface area contributed by atoms with E-state index < -0.39 is 0 Å². The van der Waals surface area contributed by atoms with E-state index in [9.17, 15) is 9.59 Å². The van der Waals surface area contributed by atoms with Crippen molar-refractivity contribution in [3.05, 3.63) is 64.2 Å². The molecule has 1 N–H and O–H groups in total. The van der Waals surface area contributed by atoms with Crippen molar-refractivity contribution in [2.45, 2.75) is 0 Å². The summed E-state index contributed by atoms with van der Waals surface area (Å²) in [6.45, 7) is 0. The van der Waals surface area contributed by atoms with E-state index >= 15 is 0 Å². The van der Waals surface area contributed by atoms with Crippen molar-refractivity contribution in [3.8, 4) is 17.2 Å². The van der Waals surface area contributed by atoms with Crippen molar-refractivity contribution in [1.29, 1.82) is 0 Å². The Balaban J connectivity index is 1.94. The van der Waals surface area contributed by atoms with E-state index in [-0.39, 0.29) is 11.3 Å². The minimum atomic E-state index is -0.301. The largest absolute Gasteiger partial charge is 0.493 e. The number of aromatic amines is 1. The third-order valence-electron chi connectivity index (χ3n) is 3.97. The highest BCUT2D eigenvalue weighted by molar-refractivity contribution is 6.07. The van der Waals surface area contributed by atoms with E-state index in [0.29, 0.717) is 39.5 Å². The van der Waals surface area contributed by atoms with Crippen LogP contribution in [-0.4, -0.2) is 37.1 Å². The van der Waals surface area contributed by atoms with Crippen LogP contribution in [0.2, 0.25) is 0 Å². The van der Waals surface area contributed by atoms with Crippen LogP contribution in [0.4, 0.5) is 0 Å². The summed E-state index contributed by atoms with van der Waals surface area (Å²) in [5.41, 5.74) is 0.644. The molecule has 0 aliphatic rings. The molecule has 2 aromatic carbocycles. The fourth-order valence-corrected chi connectivity index (χ4v) is 2.66. The van der Waals surface area contributed by atoms with Crippen LogP contribution in [0.3, 0.4) is 0 Å². The average Bonchev–Trinajstić information content (AvgIpc) is 2.70. The van der Waals surface area contributed by atoms with Gasteiger partial charge in [0.1, 0.15) is 5.82 Å². The van der Waals surface area contributed by atoms with Crippen molar-refractivity contribution in [2.24, 2.45) is 0 Å². The van der Waals surface area contributed by atoms with Crippen LogP contribution in [0, 0.1) is 0 Å². The number of carbonyl (C=O) groups excluding carboxylic acids is 1. The van der Waals surface area contributed by atoms with Gasteiger partial charge in [-0.2, -0.15) is 0 Å². The molecule has 0 saturated carbocycles. The van der Waals surface area contributed by atoms with Crippen molar-refractivity contribution in [2.75, 3.05) is 21.3 Å². The van der Waals surface area contributed by atoms with Gasteiger partial charge in [-0.25, -0.2) is 4.98 Å². The summed E-state index contributed by atoms with van der Waals surface area (Å²) in [5.74, 6) is 1.15. The van der Waals surface area contributed by atoms with Crippen molar-refractivity contribution in [3.63, 3.8) is 0 Å². The highest BCUT2D eigenvalue weighted by Crippen LogP contribution is 2.38. The van der Waals surface area contributed by atoms with E-state index in [1.807, 2.05) is 0 Å². The number of ether oxygens (including phenoxy) is 3. The zero-order valence-corrected chi connectivity index (χ0v) is 15.1. The van der Waals surface area contributed by atoms with Crippen LogP contribution >= 0.6 is 0 Å². The normalized spacial score (nSPS) is 10.9. The molecule has 0 saturated heterocycles. The van der Waals surface area contributed by atoms with Crippen LogP contribution < -0.4 is 19.8 Å². The molecule has 0 atom stereocenters. The molecule has 27 heavy (non-hydrogen) atoms. The highest BCUT2D eigenvalue weighted by atomic mass is 16.5. The topological polar surface area (TPSA) is 90.5 Å². The second-order valence-electron chi connectivity index (χ2n) is 5.58. The molecule has 138 valence electrons. The van der Waals surface area contributed by atoms with Gasteiger partial charge in [-0.05, 0) is 36.4 Å². The van der Waals surface area contributed by atoms with E-state index in [0.717, 1.165) is 0 Å². The maximum atomic E-state index is 12.5. The van der Waals surface area contributed by atoms with Crippen LogP contribution in [0.1, 0.15) is 16.2 Å². The van der Waals surface area contributed by atoms with E-state index in [1.165, 1.54) is 33.5 Å². The highest BCUT2D eigenvalue weighted by Gasteiger charge is 2.15. The van der Waals surface area contributed by atoms with E-state index in [4.69, 9.17) is 14.2 Å². The first-order valence-electron chi connectivity index (χ1n) is 8.09. The summed E-state index contributed by atoms with van der Waals surface area (Å²) < 4.78 is 15.8. The first-order valence-corrected chi connectivity index (χ1v) is 8.09. The predicted molar refractivity (Wildman–Crippen MR) is 102 cm³/mol. The van der Waals surface area contributed by atoms with Crippen LogP contribution in [0.25, 0.3) is 17.0 Å². The van der Waals surface area contributed by atoms with Crippen LogP contribution in [0.5, 0.6) is 17.2 Å². The number of rotatable bonds is 6. The molecule has 0 radical (unpaired) electrons. The van der Waals surface area contributed by atoms with E-state index in [1.54, 1.807) is 36.4 Å². The minimum absolute atomic E-state index is 0.263. The number of carbonyl (C=O) groups is 1. The molecule has 0 unspecified atom stereocenters. The SMILES string of the molecule is COc1cc(C(=O)/C=C/c2nc3ccccc3c(=O)[nH]2)cc(OC)c1OC. The van der Waals surface area contributed by atoms with Crippen molar-refractivity contribution < 1.29 is 19.0 Å². The molecule has 0 bridgehead atoms. The second kappa shape index (κ2) is 7.74. The van der Waals surface area contributed by atoms with Gasteiger partial charge in [0, 0.05) is 5.56 Å². The Labute approximate surface area is 155 Å². The maximum absolute atomic E-state index is 12.5. The summed E-state index contributed by atoms with van der Waals surface area (Å²) in [4.78, 5) is 31.6. The molecular formula is C20H18N2O5. The first-order chi connectivity index (χ1) is 13.1. The fraction of sp³-hybridized carbons (Fsp3) is 0.150. The number of ketones is 1. The molecule has 0 spiro atoms. The summed E-state index contributed by atoms with van der Waals surface area (Å²) >= 11 is 0. The smallest absolute Gasteiger partial charge is 0.259 e. The Morgan fingerprint density at radius 1 is 1.04 bits per heavy atom. The molecule has 1 heterocycles. The van der Waals surface area contributed by atoms with E-state index in [2.05, 4.69) is 9.97 Å². The minimum Gasteiger partial charge on any atom is -0.493 e. The number of nitrogens with zero attached hydrogens (tertiary/aromatic N) is 1. The lowest BCUT2D eigenvalue weighted by Crippen LogP contribution is -2.09. The molecule has 3 rings (SSSR count).